The van der Waals surface area contributed by atoms with Gasteiger partial charge in [0.1, 0.15) is 11.5 Å². The normalized spacial score (nSPS) is 17.6. The van der Waals surface area contributed by atoms with E-state index in [1.807, 2.05) is 24.3 Å². The van der Waals surface area contributed by atoms with Crippen molar-refractivity contribution in [2.24, 2.45) is 0 Å². The quantitative estimate of drug-likeness (QED) is 0.117. The van der Waals surface area contributed by atoms with Gasteiger partial charge in [-0.05, 0) is 78.3 Å². The Balaban J connectivity index is 0.00000147. The maximum absolute atomic E-state index is 5.41. The number of fused-ring (bicyclic) bond motifs is 6. The van der Waals surface area contributed by atoms with E-state index in [-0.39, 0.29) is 11.8 Å². The Morgan fingerprint density at radius 1 is 0.632 bits per heavy atom. The third kappa shape index (κ3) is 7.87. The summed E-state index contributed by atoms with van der Waals surface area (Å²) in [7, 11) is 11.6. The molecule has 1 aliphatic heterocycles. The number of allylic oxidation sites excluding steroid dienone is 6. The van der Waals surface area contributed by atoms with E-state index in [2.05, 4.69) is 141 Å². The van der Waals surface area contributed by atoms with Crippen molar-refractivity contribution >= 4 is 48.3 Å². The molecule has 9 rings (SSSR count). The van der Waals surface area contributed by atoms with E-state index in [0.29, 0.717) is 0 Å². The van der Waals surface area contributed by atoms with Crippen LogP contribution >= 0.6 is 17.0 Å². The monoisotopic (exact) mass is 878 g/mol. The van der Waals surface area contributed by atoms with Crippen molar-refractivity contribution in [1.29, 1.82) is 0 Å². The second-order valence-corrected chi connectivity index (χ2v) is 21.7. The van der Waals surface area contributed by atoms with Crippen LogP contribution in [0.5, 0.6) is 11.5 Å². The van der Waals surface area contributed by atoms with E-state index in [0.717, 1.165) is 17.9 Å². The molecule has 57 heavy (non-hydrogen) atoms. The topological polar surface area (TPSA) is 18.5 Å². The van der Waals surface area contributed by atoms with Gasteiger partial charge in [-0.3, -0.25) is 0 Å². The van der Waals surface area contributed by atoms with Gasteiger partial charge in [0.05, 0.1) is 14.2 Å². The Morgan fingerprint density at radius 3 is 1.61 bits per heavy atom. The number of ether oxygens (including phenoxy) is 2. The van der Waals surface area contributed by atoms with Crippen LogP contribution in [0.4, 0.5) is 0 Å². The second kappa shape index (κ2) is 17.8. The molecule has 0 saturated carbocycles. The summed E-state index contributed by atoms with van der Waals surface area (Å²) < 4.78 is 10.8. The van der Waals surface area contributed by atoms with Gasteiger partial charge in [-0.15, -0.1) is 58.2 Å². The molecule has 0 saturated heterocycles. The van der Waals surface area contributed by atoms with Gasteiger partial charge in [0.25, 0.3) is 0 Å². The first-order chi connectivity index (χ1) is 27.9. The molecule has 0 radical (unpaired) electrons. The summed E-state index contributed by atoms with van der Waals surface area (Å²) in [5.74, 6) is 2.18. The zero-order chi connectivity index (χ0) is 39.5. The molecule has 3 unspecified atom stereocenters. The molecular weight excluding hydrogens is 835 g/mol. The molecule has 6 heteroatoms. The minimum absolute atomic E-state index is 0.203. The maximum atomic E-state index is 5.41. The molecule has 0 fully saturated rings. The predicted molar refractivity (Wildman–Crippen MR) is 242 cm³/mol. The molecule has 0 N–H and O–H groups in total. The van der Waals surface area contributed by atoms with E-state index in [1.165, 1.54) is 68.1 Å². The molecule has 0 amide bonds. The van der Waals surface area contributed by atoms with Crippen LogP contribution in [0, 0.1) is 13.8 Å². The molecule has 0 spiro atoms. The molecule has 6 aromatic rings. The van der Waals surface area contributed by atoms with Crippen LogP contribution in [0.3, 0.4) is 0 Å². The molecule has 1 heterocycles. The Morgan fingerprint density at radius 2 is 1.11 bits per heavy atom. The van der Waals surface area contributed by atoms with Crippen molar-refractivity contribution in [1.82, 2.24) is 0 Å². The number of methoxy groups -OCH3 is 2. The van der Waals surface area contributed by atoms with Gasteiger partial charge in [0, 0.05) is 0 Å². The summed E-state index contributed by atoms with van der Waals surface area (Å²) in [5, 5.41) is 3.36. The van der Waals surface area contributed by atoms with Crippen molar-refractivity contribution in [2.45, 2.75) is 44.6 Å². The van der Waals surface area contributed by atoms with Crippen LogP contribution in [0.15, 0.2) is 140 Å². The molecule has 2 bridgehead atoms. The summed E-state index contributed by atoms with van der Waals surface area (Å²) >= 11 is -0.826. The summed E-state index contributed by atoms with van der Waals surface area (Å²) in [6.07, 6.45) is 21.1. The average Bonchev–Trinajstić information content (AvgIpc) is 3.41. The van der Waals surface area contributed by atoms with Crippen LogP contribution in [0.25, 0.3) is 34.4 Å². The van der Waals surface area contributed by atoms with Gasteiger partial charge in [-0.2, -0.15) is 21.5 Å². The van der Waals surface area contributed by atoms with Crippen LogP contribution in [-0.4, -0.2) is 23.0 Å². The Bertz CT molecular complexity index is 2470. The van der Waals surface area contributed by atoms with Crippen molar-refractivity contribution in [2.75, 3.05) is 14.2 Å². The van der Waals surface area contributed by atoms with E-state index in [4.69, 9.17) is 26.5 Å². The molecule has 2 nitrogen and oxygen atoms in total. The third-order valence-corrected chi connectivity index (χ3v) is 16.0. The molecule has 6 aromatic carbocycles. The van der Waals surface area contributed by atoms with Crippen LogP contribution < -0.4 is 19.8 Å². The Hall–Kier alpha value is -4.18. The van der Waals surface area contributed by atoms with Crippen molar-refractivity contribution < 1.29 is 30.3 Å². The fraction of sp³-hybridized carbons (Fsp3) is 0.176. The molecular formula is C51H46Cl2O2SiZr. The SMILES string of the molecule is COc1ccc(-c2ccc(C3C=CC=Cc4[cH-]c(C)c([SiH]5CCC[c-]6c(C)c5c5c6C=CC=CC5c5ccc(-c6ccc(OC)cc6)cc5)c43)cc2)cc1.[Cl][Zr+2][Cl]. The van der Waals surface area contributed by atoms with E-state index in [9.17, 15) is 0 Å². The third-order valence-electron chi connectivity index (χ3n) is 12.2. The van der Waals surface area contributed by atoms with Gasteiger partial charge >= 0.3 is 37.9 Å². The van der Waals surface area contributed by atoms with Gasteiger partial charge in [-0.25, -0.2) is 0 Å². The Kier molecular flexibility index (Phi) is 12.3. The number of aryl methyl sites for hydroxylation is 1. The van der Waals surface area contributed by atoms with Gasteiger partial charge in [-0.1, -0.05) is 130 Å². The Labute approximate surface area is 358 Å². The first kappa shape index (κ1) is 39.6. The summed E-state index contributed by atoms with van der Waals surface area (Å²) in [5.41, 5.74) is 18.1. The van der Waals surface area contributed by atoms with Crippen LogP contribution in [-0.2, 0) is 27.3 Å². The van der Waals surface area contributed by atoms with Crippen molar-refractivity contribution in [3.05, 3.63) is 190 Å². The fourth-order valence-electron chi connectivity index (χ4n) is 9.53. The molecule has 0 aromatic heterocycles. The number of hydrogen-bond donors (Lipinski definition) is 0. The molecule has 3 atom stereocenters. The standard InChI is InChI=1S/C51H46O2Si.2ClH.Zr/c1-33-32-41-10-5-6-11-45(39-19-15-35(16-20-39)37-23-27-42(52-3)28-24-37)48(41)50(33)54-31-9-14-44-34(2)51(54)49-46(12-7-8-13-47(44)49)40-21-17-36(18-22-40)38-25-29-43(53-4)30-26-38;;;/h5-8,10-13,15-30,32,45-46,54H,9,14,31H2,1-4H3;2*1H;/q-2;;;+4/p-2. The number of rotatable bonds is 7. The summed E-state index contributed by atoms with van der Waals surface area (Å²) in [6.45, 7) is 4.83. The van der Waals surface area contributed by atoms with E-state index in [1.54, 1.807) is 41.3 Å². The predicted octanol–water partition coefficient (Wildman–Crippen LogP) is 12.2. The van der Waals surface area contributed by atoms with E-state index < -0.39 is 29.6 Å². The number of halogens is 2. The zero-order valence-electron chi connectivity index (χ0n) is 32.9. The first-order valence-corrected chi connectivity index (χ1v) is 28.0. The van der Waals surface area contributed by atoms with Crippen molar-refractivity contribution in [3.63, 3.8) is 0 Å². The molecule has 284 valence electrons. The minimum atomic E-state index is -1.67. The first-order valence-electron chi connectivity index (χ1n) is 19.7. The number of benzene rings is 4. The van der Waals surface area contributed by atoms with Gasteiger partial charge in [0.15, 0.2) is 0 Å². The van der Waals surface area contributed by atoms with Gasteiger partial charge in [0.2, 0.25) is 0 Å². The molecule has 3 aliphatic rings. The fourth-order valence-corrected chi connectivity index (χ4v) is 13.8. The molecule has 2 aliphatic carbocycles. The summed E-state index contributed by atoms with van der Waals surface area (Å²) in [4.78, 5) is 0. The van der Waals surface area contributed by atoms with Crippen LogP contribution in [0.2, 0.25) is 6.04 Å². The van der Waals surface area contributed by atoms with Crippen molar-refractivity contribution in [3.8, 4) is 33.8 Å². The zero-order valence-corrected chi connectivity index (χ0v) is 38.0. The van der Waals surface area contributed by atoms with Crippen LogP contribution in [0.1, 0.15) is 68.3 Å². The number of hydrogen-bond acceptors (Lipinski definition) is 2. The summed E-state index contributed by atoms with van der Waals surface area (Å²) in [6, 6.07) is 39.1. The average molecular weight is 881 g/mol. The second-order valence-electron chi connectivity index (χ2n) is 15.1. The van der Waals surface area contributed by atoms with E-state index >= 15 is 0 Å². The van der Waals surface area contributed by atoms with Gasteiger partial charge < -0.3 is 9.47 Å².